The number of anilines is 2. The largest absolute Gasteiger partial charge is 0.739 e. The van der Waals surface area contributed by atoms with Gasteiger partial charge < -0.3 is 21.8 Å². The third-order valence-corrected chi connectivity index (χ3v) is 2.46. The van der Waals surface area contributed by atoms with Gasteiger partial charge in [0.25, 0.3) is 0 Å². The van der Waals surface area contributed by atoms with Crippen LogP contribution >= 0.6 is 15.9 Å². The van der Waals surface area contributed by atoms with E-state index >= 15 is 0 Å². The van der Waals surface area contributed by atoms with Crippen molar-refractivity contribution in [2.75, 3.05) is 10.9 Å². The topological polar surface area (TPSA) is 103 Å². The Bertz CT molecular complexity index is 419. The molecule has 1 aliphatic heterocycles. The molecular formula is C7H7BrN5O-. The molecule has 0 spiro atoms. The molecule has 0 fully saturated rings. The highest BCUT2D eigenvalue weighted by atomic mass is 79.9. The van der Waals surface area contributed by atoms with Crippen LogP contribution in [0.3, 0.4) is 0 Å². The van der Waals surface area contributed by atoms with Crippen molar-refractivity contribution in [3.63, 3.8) is 0 Å². The van der Waals surface area contributed by atoms with Crippen LogP contribution in [0.25, 0.3) is 0 Å². The van der Waals surface area contributed by atoms with E-state index in [0.29, 0.717) is 26.7 Å². The number of hydrogen-bond donors (Lipinski definition) is 3. The number of rotatable bonds is 0. The first kappa shape index (κ1) is 9.10. The van der Waals surface area contributed by atoms with Gasteiger partial charge in [0.1, 0.15) is 0 Å². The molecule has 0 unspecified atom stereocenters. The average molecular weight is 257 g/mol. The molecule has 6 nitrogen and oxygen atoms in total. The van der Waals surface area contributed by atoms with Crippen LogP contribution < -0.4 is 22.1 Å². The Morgan fingerprint density at radius 2 is 2.14 bits per heavy atom. The van der Waals surface area contributed by atoms with Crippen molar-refractivity contribution >= 4 is 39.0 Å². The second-order valence-electron chi connectivity index (χ2n) is 2.77. The summed E-state index contributed by atoms with van der Waals surface area (Å²) >= 11 is 3.22. The zero-order chi connectivity index (χ0) is 10.3. The molecule has 1 aliphatic rings. The van der Waals surface area contributed by atoms with E-state index in [4.69, 9.17) is 11.5 Å². The number of guanidine groups is 1. The summed E-state index contributed by atoms with van der Waals surface area (Å²) in [6.45, 7) is 0. The Kier molecular flexibility index (Phi) is 1.97. The molecular weight excluding hydrogens is 250 g/mol. The van der Waals surface area contributed by atoms with Crippen molar-refractivity contribution in [2.24, 2.45) is 10.7 Å². The summed E-state index contributed by atoms with van der Waals surface area (Å²) in [6, 6.07) is 3.17. The second-order valence-corrected chi connectivity index (χ2v) is 3.62. The van der Waals surface area contributed by atoms with Gasteiger partial charge in [0.2, 0.25) is 5.96 Å². The van der Waals surface area contributed by atoms with Crippen molar-refractivity contribution in [1.82, 2.24) is 5.43 Å². The minimum absolute atomic E-state index is 0.0502. The molecule has 0 aromatic heterocycles. The van der Waals surface area contributed by atoms with Crippen LogP contribution in [0.1, 0.15) is 0 Å². The van der Waals surface area contributed by atoms with Gasteiger partial charge in [-0.15, -0.1) is 0 Å². The van der Waals surface area contributed by atoms with Crippen LogP contribution in [0.15, 0.2) is 21.6 Å². The number of hydrogen-bond acceptors (Lipinski definition) is 6. The minimum atomic E-state index is 0.0502. The quantitative estimate of drug-likeness (QED) is 0.596. The Morgan fingerprint density at radius 1 is 1.43 bits per heavy atom. The van der Waals surface area contributed by atoms with Crippen LogP contribution in [0, 0.1) is 5.21 Å². The number of nitrogens with one attached hydrogen (secondary N) is 1. The van der Waals surface area contributed by atoms with Gasteiger partial charge in [-0.3, -0.25) is 5.43 Å². The van der Waals surface area contributed by atoms with Crippen LogP contribution in [0.4, 0.5) is 17.1 Å². The molecule has 1 aromatic carbocycles. The average Bonchev–Trinajstić information content (AvgIpc) is 2.08. The Labute approximate surface area is 88.3 Å². The van der Waals surface area contributed by atoms with Crippen molar-refractivity contribution in [2.45, 2.75) is 0 Å². The van der Waals surface area contributed by atoms with E-state index in [9.17, 15) is 5.21 Å². The Morgan fingerprint density at radius 3 is 2.86 bits per heavy atom. The first-order valence-corrected chi connectivity index (χ1v) is 4.54. The molecule has 2 rings (SSSR count). The number of halogens is 1. The van der Waals surface area contributed by atoms with E-state index in [0.717, 1.165) is 0 Å². The zero-order valence-electron chi connectivity index (χ0n) is 6.99. The maximum absolute atomic E-state index is 11.3. The lowest BCUT2D eigenvalue weighted by atomic mass is 10.2. The predicted molar refractivity (Wildman–Crippen MR) is 58.8 cm³/mol. The van der Waals surface area contributed by atoms with Crippen molar-refractivity contribution in [3.05, 3.63) is 21.8 Å². The van der Waals surface area contributed by atoms with Crippen LogP contribution in [-0.4, -0.2) is 5.96 Å². The zero-order valence-corrected chi connectivity index (χ0v) is 8.58. The lowest BCUT2D eigenvalue weighted by Gasteiger charge is -2.35. The minimum Gasteiger partial charge on any atom is -0.739 e. The van der Waals surface area contributed by atoms with Crippen LogP contribution in [-0.2, 0) is 0 Å². The molecule has 7 heteroatoms. The molecule has 0 saturated heterocycles. The monoisotopic (exact) mass is 256 g/mol. The molecule has 5 N–H and O–H groups in total. The number of nitrogen functional groups attached to an aromatic ring is 1. The van der Waals surface area contributed by atoms with E-state index < -0.39 is 0 Å². The van der Waals surface area contributed by atoms with E-state index in [1.54, 1.807) is 12.1 Å². The molecule has 0 radical (unpaired) electrons. The molecule has 74 valence electrons. The number of hydrazine groups is 1. The number of aliphatic imine (C=N–C) groups is 1. The maximum atomic E-state index is 11.3. The van der Waals surface area contributed by atoms with Gasteiger partial charge in [-0.25, -0.2) is 4.99 Å². The lowest BCUT2D eigenvalue weighted by Crippen LogP contribution is -2.44. The normalized spacial score (nSPS) is 14.4. The van der Waals surface area contributed by atoms with E-state index in [-0.39, 0.29) is 5.96 Å². The Balaban J connectivity index is 2.61. The molecule has 0 amide bonds. The SMILES string of the molecule is NC1=Nc2cc(N)c(Br)cc2N([O-])N1. The fourth-order valence-electron chi connectivity index (χ4n) is 1.14. The number of benzene rings is 1. The van der Waals surface area contributed by atoms with E-state index in [1.165, 1.54) is 0 Å². The molecule has 1 aromatic rings. The van der Waals surface area contributed by atoms with E-state index in [2.05, 4.69) is 26.3 Å². The molecule has 0 saturated carbocycles. The predicted octanol–water partition coefficient (Wildman–Crippen LogP) is 0.800. The van der Waals surface area contributed by atoms with Gasteiger partial charge in [-0.2, -0.15) is 0 Å². The summed E-state index contributed by atoms with van der Waals surface area (Å²) in [5.41, 5.74) is 14.7. The molecule has 0 bridgehead atoms. The lowest BCUT2D eigenvalue weighted by molar-refractivity contribution is 0.899. The number of fused-ring (bicyclic) bond motifs is 1. The summed E-state index contributed by atoms with van der Waals surface area (Å²) in [6.07, 6.45) is 0. The fourth-order valence-corrected chi connectivity index (χ4v) is 1.47. The van der Waals surface area contributed by atoms with Crippen molar-refractivity contribution < 1.29 is 0 Å². The van der Waals surface area contributed by atoms with Crippen molar-refractivity contribution in [3.8, 4) is 0 Å². The Hall–Kier alpha value is -1.47. The summed E-state index contributed by atoms with van der Waals surface area (Å²) in [5, 5.41) is 11.9. The fraction of sp³-hybridized carbons (Fsp3) is 0. The highest BCUT2D eigenvalue weighted by Gasteiger charge is 2.12. The summed E-state index contributed by atoms with van der Waals surface area (Å²) in [5.74, 6) is 0.0502. The standard InChI is InChI=1S/C7H7BrN5O/c8-3-1-6-5(2-4(3)9)11-7(10)12-13(6)14/h1-2H,9H2,(H3,10,11,12)/q-1. The third-order valence-electron chi connectivity index (χ3n) is 1.77. The summed E-state index contributed by atoms with van der Waals surface area (Å²) in [7, 11) is 0. The van der Waals surface area contributed by atoms with Gasteiger partial charge in [0.05, 0.1) is 11.4 Å². The van der Waals surface area contributed by atoms with Crippen LogP contribution in [0.2, 0.25) is 0 Å². The molecule has 1 heterocycles. The maximum Gasteiger partial charge on any atom is 0.212 e. The third kappa shape index (κ3) is 1.36. The van der Waals surface area contributed by atoms with Gasteiger partial charge in [0.15, 0.2) is 0 Å². The summed E-state index contributed by atoms with van der Waals surface area (Å²) in [4.78, 5) is 3.94. The van der Waals surface area contributed by atoms with Crippen LogP contribution in [0.5, 0.6) is 0 Å². The van der Waals surface area contributed by atoms with Crippen molar-refractivity contribution in [1.29, 1.82) is 0 Å². The molecule has 14 heavy (non-hydrogen) atoms. The van der Waals surface area contributed by atoms with E-state index in [1.807, 2.05) is 0 Å². The summed E-state index contributed by atoms with van der Waals surface area (Å²) < 4.78 is 0.648. The van der Waals surface area contributed by atoms with Gasteiger partial charge >= 0.3 is 0 Å². The molecule has 0 aliphatic carbocycles. The van der Waals surface area contributed by atoms with Gasteiger partial charge in [-0.05, 0) is 28.1 Å². The number of nitrogens with two attached hydrogens (primary N) is 2. The smallest absolute Gasteiger partial charge is 0.212 e. The van der Waals surface area contributed by atoms with Gasteiger partial charge in [-0.1, -0.05) is 0 Å². The first-order valence-electron chi connectivity index (χ1n) is 3.75. The second kappa shape index (κ2) is 3.03. The number of nitrogens with zero attached hydrogens (tertiary/aromatic N) is 2. The highest BCUT2D eigenvalue weighted by Crippen LogP contribution is 2.36. The highest BCUT2D eigenvalue weighted by molar-refractivity contribution is 9.10. The van der Waals surface area contributed by atoms with Gasteiger partial charge in [0, 0.05) is 10.2 Å². The molecule has 0 atom stereocenters. The first-order chi connectivity index (χ1) is 6.58.